The summed E-state index contributed by atoms with van der Waals surface area (Å²) in [4.78, 5) is 2.82. The Morgan fingerprint density at radius 2 is 2.44 bits per heavy atom. The maximum Gasteiger partial charge on any atom is 0.178 e. The number of aromatic nitrogens is 1. The molecule has 2 aromatic rings. The van der Waals surface area contributed by atoms with Crippen LogP contribution < -0.4 is 0 Å². The van der Waals surface area contributed by atoms with Crippen LogP contribution in [0.15, 0.2) is 22.9 Å². The molecule has 2 aromatic heterocycles. The topological polar surface area (TPSA) is 49.2 Å². The molecule has 0 unspecified atom stereocenters. The first-order valence-electron chi connectivity index (χ1n) is 2.61. The molecule has 3 heteroatoms. The maximum absolute atomic E-state index is 8.98. The van der Waals surface area contributed by atoms with E-state index in [9.17, 15) is 0 Å². The van der Waals surface area contributed by atoms with Crippen LogP contribution in [0.3, 0.4) is 0 Å². The van der Waals surface area contributed by atoms with Crippen molar-refractivity contribution in [3.63, 3.8) is 0 Å². The van der Waals surface area contributed by atoms with Gasteiger partial charge in [0, 0.05) is 6.20 Å². The quantitative estimate of drug-likeness (QED) is 0.557. The summed E-state index contributed by atoms with van der Waals surface area (Å²) in [5.74, 6) is 0.162. The number of hydrogen-bond acceptors (Lipinski definition) is 2. The molecule has 0 saturated carbocycles. The average molecular weight is 123 g/mol. The lowest BCUT2D eigenvalue weighted by Gasteiger charge is -1.75. The molecule has 3 nitrogen and oxygen atoms in total. The van der Waals surface area contributed by atoms with Crippen LogP contribution in [-0.2, 0) is 0 Å². The van der Waals surface area contributed by atoms with Crippen molar-refractivity contribution in [3.05, 3.63) is 18.5 Å². The fraction of sp³-hybridized carbons (Fsp3) is 0. The Kier molecular flexibility index (Phi) is 0.656. The molecule has 2 heterocycles. The number of fused-ring (bicyclic) bond motifs is 1. The van der Waals surface area contributed by atoms with E-state index in [1.54, 1.807) is 12.3 Å². The van der Waals surface area contributed by atoms with Gasteiger partial charge in [-0.3, -0.25) is 0 Å². The molecule has 0 bridgehead atoms. The van der Waals surface area contributed by atoms with Gasteiger partial charge < -0.3 is 14.5 Å². The van der Waals surface area contributed by atoms with E-state index in [4.69, 9.17) is 9.52 Å². The summed E-state index contributed by atoms with van der Waals surface area (Å²) in [6.45, 7) is 0. The smallest absolute Gasteiger partial charge is 0.178 e. The minimum atomic E-state index is 0.162. The summed E-state index contributed by atoms with van der Waals surface area (Å²) < 4.78 is 4.91. The van der Waals surface area contributed by atoms with Gasteiger partial charge in [-0.05, 0) is 6.07 Å². The van der Waals surface area contributed by atoms with E-state index in [-0.39, 0.29) is 5.75 Å². The van der Waals surface area contributed by atoms with Crippen LogP contribution in [0.5, 0.6) is 5.75 Å². The second-order valence-corrected chi connectivity index (χ2v) is 1.84. The van der Waals surface area contributed by atoms with Crippen LogP contribution in [0.25, 0.3) is 11.1 Å². The summed E-state index contributed by atoms with van der Waals surface area (Å²) >= 11 is 0. The zero-order valence-corrected chi connectivity index (χ0v) is 4.59. The Hall–Kier alpha value is -1.38. The predicted octanol–water partition coefficient (Wildman–Crippen LogP) is 1.47. The first-order valence-corrected chi connectivity index (χ1v) is 2.61. The fourth-order valence-electron chi connectivity index (χ4n) is 0.832. The van der Waals surface area contributed by atoms with Crippen molar-refractivity contribution in [1.29, 1.82) is 0 Å². The van der Waals surface area contributed by atoms with Crippen molar-refractivity contribution in [2.24, 2.45) is 0 Å². The number of furan rings is 1. The van der Waals surface area contributed by atoms with E-state index >= 15 is 0 Å². The minimum Gasteiger partial charge on any atom is -0.503 e. The molecule has 0 aliphatic carbocycles. The molecule has 0 spiro atoms. The fourth-order valence-corrected chi connectivity index (χ4v) is 0.832. The maximum atomic E-state index is 8.98. The van der Waals surface area contributed by atoms with Gasteiger partial charge >= 0.3 is 0 Å². The number of nitrogens with one attached hydrogen (secondary N) is 1. The van der Waals surface area contributed by atoms with Gasteiger partial charge in [-0.25, -0.2) is 0 Å². The van der Waals surface area contributed by atoms with Crippen molar-refractivity contribution in [1.82, 2.24) is 4.98 Å². The Balaban J connectivity index is 2.99. The van der Waals surface area contributed by atoms with Gasteiger partial charge in [0.05, 0.1) is 0 Å². The molecule has 2 rings (SSSR count). The number of aromatic hydroxyl groups is 1. The number of aromatic amines is 1. The molecule has 0 aliphatic heterocycles. The minimum absolute atomic E-state index is 0.162. The Morgan fingerprint density at radius 3 is 3.22 bits per heavy atom. The molecule has 9 heavy (non-hydrogen) atoms. The Labute approximate surface area is 50.9 Å². The first kappa shape index (κ1) is 4.49. The van der Waals surface area contributed by atoms with Crippen LogP contribution in [0, 0.1) is 0 Å². The molecule has 0 atom stereocenters. The largest absolute Gasteiger partial charge is 0.503 e. The van der Waals surface area contributed by atoms with Crippen molar-refractivity contribution >= 4 is 11.1 Å². The third-order valence-electron chi connectivity index (χ3n) is 1.26. The number of hydrogen-bond donors (Lipinski definition) is 2. The molecule has 0 aromatic carbocycles. The molecular formula is C6H5NO2. The summed E-state index contributed by atoms with van der Waals surface area (Å²) in [5.41, 5.74) is 1.35. The highest BCUT2D eigenvalue weighted by atomic mass is 16.4. The van der Waals surface area contributed by atoms with Crippen LogP contribution in [0.4, 0.5) is 0 Å². The Bertz CT molecular complexity index is 320. The van der Waals surface area contributed by atoms with Gasteiger partial charge in [0.2, 0.25) is 0 Å². The molecular weight excluding hydrogens is 118 g/mol. The molecule has 0 radical (unpaired) electrons. The third-order valence-corrected chi connectivity index (χ3v) is 1.26. The lowest BCUT2D eigenvalue weighted by Crippen LogP contribution is -1.56. The highest BCUT2D eigenvalue weighted by Crippen LogP contribution is 2.23. The monoisotopic (exact) mass is 123 g/mol. The van der Waals surface area contributed by atoms with E-state index in [1.807, 2.05) is 0 Å². The van der Waals surface area contributed by atoms with E-state index in [2.05, 4.69) is 4.98 Å². The van der Waals surface area contributed by atoms with Gasteiger partial charge in [0.1, 0.15) is 11.8 Å². The zero-order valence-electron chi connectivity index (χ0n) is 4.59. The standard InChI is InChI=1S/C6H5NO2/c8-4-3-9-5-1-2-7-6(4)5/h1-3,7-8H. The number of H-pyrrole nitrogens is 1. The highest BCUT2D eigenvalue weighted by Gasteiger charge is 2.01. The molecule has 46 valence electrons. The van der Waals surface area contributed by atoms with Crippen molar-refractivity contribution in [2.45, 2.75) is 0 Å². The third kappa shape index (κ3) is 0.455. The average Bonchev–Trinajstić information content (AvgIpc) is 2.35. The van der Waals surface area contributed by atoms with Gasteiger partial charge in [0.25, 0.3) is 0 Å². The molecule has 0 amide bonds. The van der Waals surface area contributed by atoms with Gasteiger partial charge in [-0.2, -0.15) is 0 Å². The molecule has 0 aliphatic rings. The van der Waals surface area contributed by atoms with E-state index in [1.165, 1.54) is 6.26 Å². The first-order chi connectivity index (χ1) is 4.38. The molecule has 2 N–H and O–H groups in total. The molecule has 0 fully saturated rings. The van der Waals surface area contributed by atoms with Crippen molar-refractivity contribution in [3.8, 4) is 5.75 Å². The van der Waals surface area contributed by atoms with Crippen LogP contribution in [-0.4, -0.2) is 10.1 Å². The highest BCUT2D eigenvalue weighted by molar-refractivity contribution is 5.79. The van der Waals surface area contributed by atoms with Gasteiger partial charge in [0.15, 0.2) is 11.3 Å². The molecule has 0 saturated heterocycles. The summed E-state index contributed by atoms with van der Waals surface area (Å²) in [7, 11) is 0. The lowest BCUT2D eigenvalue weighted by molar-refractivity contribution is 0.463. The van der Waals surface area contributed by atoms with Crippen LogP contribution in [0.1, 0.15) is 0 Å². The van der Waals surface area contributed by atoms with E-state index in [0.29, 0.717) is 11.1 Å². The summed E-state index contributed by atoms with van der Waals surface area (Å²) in [5, 5.41) is 8.98. The van der Waals surface area contributed by atoms with E-state index in [0.717, 1.165) is 0 Å². The van der Waals surface area contributed by atoms with Crippen LogP contribution >= 0.6 is 0 Å². The second kappa shape index (κ2) is 1.31. The normalized spacial score (nSPS) is 10.7. The lowest BCUT2D eigenvalue weighted by atomic mass is 10.5. The van der Waals surface area contributed by atoms with Crippen molar-refractivity contribution in [2.75, 3.05) is 0 Å². The predicted molar refractivity (Wildman–Crippen MR) is 32.2 cm³/mol. The Morgan fingerprint density at radius 1 is 1.56 bits per heavy atom. The SMILES string of the molecule is Oc1coc2cc[nH]c12. The summed E-state index contributed by atoms with van der Waals surface area (Å²) in [6, 6.07) is 1.76. The van der Waals surface area contributed by atoms with Crippen LogP contribution in [0.2, 0.25) is 0 Å². The van der Waals surface area contributed by atoms with E-state index < -0.39 is 0 Å². The zero-order chi connectivity index (χ0) is 6.27. The summed E-state index contributed by atoms with van der Waals surface area (Å²) in [6.07, 6.45) is 3.02. The number of rotatable bonds is 0. The second-order valence-electron chi connectivity index (χ2n) is 1.84. The van der Waals surface area contributed by atoms with Gasteiger partial charge in [-0.1, -0.05) is 0 Å². The van der Waals surface area contributed by atoms with Gasteiger partial charge in [-0.15, -0.1) is 0 Å². The van der Waals surface area contributed by atoms with Crippen molar-refractivity contribution < 1.29 is 9.52 Å².